The molecule has 1 saturated heterocycles. The third kappa shape index (κ3) is 6.27. The lowest BCUT2D eigenvalue weighted by atomic mass is 10.1. The van der Waals surface area contributed by atoms with E-state index in [9.17, 15) is 5.11 Å². The number of hydrogen-bond donors (Lipinski definition) is 1. The van der Waals surface area contributed by atoms with E-state index >= 15 is 0 Å². The predicted molar refractivity (Wildman–Crippen MR) is 128 cm³/mol. The topological polar surface area (TPSA) is 69.5 Å². The highest BCUT2D eigenvalue weighted by Gasteiger charge is 2.46. The zero-order valence-corrected chi connectivity index (χ0v) is 20.6. The second-order valence-electron chi connectivity index (χ2n) is 9.56. The number of nitrogens with zero attached hydrogens (tertiary/aromatic N) is 1. The number of aliphatic hydroxyl groups is 1. The Morgan fingerprint density at radius 2 is 1.66 bits per heavy atom. The maximum atomic E-state index is 10.0. The van der Waals surface area contributed by atoms with Crippen LogP contribution in [0.1, 0.15) is 38.2 Å². The molecule has 0 aromatic heterocycles. The molecule has 2 aromatic carbocycles. The molecule has 0 spiro atoms. The van der Waals surface area contributed by atoms with Crippen LogP contribution in [-0.2, 0) is 25.3 Å². The van der Waals surface area contributed by atoms with E-state index in [1.54, 1.807) is 6.21 Å². The Bertz CT molecular complexity index is 854. The lowest BCUT2D eigenvalue weighted by Gasteiger charge is -2.39. The summed E-state index contributed by atoms with van der Waals surface area (Å²) in [4.78, 5) is 5.54. The molecule has 0 unspecified atom stereocenters. The molecule has 1 N–H and O–H groups in total. The number of hydrogen-bond acceptors (Lipinski definition) is 6. The fraction of sp³-hybridized carbons (Fsp3) is 0.480. The van der Waals surface area contributed by atoms with Gasteiger partial charge in [-0.3, -0.25) is 0 Å². The summed E-state index contributed by atoms with van der Waals surface area (Å²) in [6, 6.07) is 19.6. The van der Waals surface area contributed by atoms with Crippen LogP contribution in [-0.4, -0.2) is 44.6 Å². The number of oxime groups is 1. The van der Waals surface area contributed by atoms with Gasteiger partial charge in [-0.15, -0.1) is 0 Å². The van der Waals surface area contributed by atoms with Gasteiger partial charge < -0.3 is 23.8 Å². The van der Waals surface area contributed by atoms with E-state index in [1.807, 2.05) is 60.7 Å². The number of rotatable bonds is 9. The summed E-state index contributed by atoms with van der Waals surface area (Å²) < 4.78 is 18.9. The van der Waals surface area contributed by atoms with Gasteiger partial charge in [0.2, 0.25) is 0 Å². The largest absolute Gasteiger partial charge is 0.406 e. The van der Waals surface area contributed by atoms with Crippen LogP contribution in [0.2, 0.25) is 18.1 Å². The molecule has 6 nitrogen and oxygen atoms in total. The van der Waals surface area contributed by atoms with Gasteiger partial charge in [0.15, 0.2) is 14.6 Å². The summed E-state index contributed by atoms with van der Waals surface area (Å²) in [5.41, 5.74) is 1.93. The zero-order chi connectivity index (χ0) is 23.2. The predicted octanol–water partition coefficient (Wildman–Crippen LogP) is 5.05. The smallest absolute Gasteiger partial charge is 0.193 e. The van der Waals surface area contributed by atoms with Crippen LogP contribution in [0.4, 0.5) is 0 Å². The molecule has 1 aliphatic rings. The van der Waals surface area contributed by atoms with Gasteiger partial charge in [0.25, 0.3) is 0 Å². The standard InChI is InChI=1S/C25H35NO5Si/c1-25(2,3)32(4,5)31-21(16-26-28-18-19-12-8-6-9-13-19)23-22(17-27)29-24(30-23)20-14-10-7-11-15-20/h6-16,21-24,27H,17-18H2,1-5H3/b26-16+/t21-,22+,23-,24+/m0/s1. The van der Waals surface area contributed by atoms with Gasteiger partial charge in [0.1, 0.15) is 24.9 Å². The molecule has 2 aromatic rings. The Hall–Kier alpha value is -2.03. The van der Waals surface area contributed by atoms with E-state index in [1.165, 1.54) is 0 Å². The second kappa shape index (κ2) is 10.7. The lowest BCUT2D eigenvalue weighted by molar-refractivity contribution is -0.0795. The summed E-state index contributed by atoms with van der Waals surface area (Å²) in [5, 5.41) is 14.2. The van der Waals surface area contributed by atoms with E-state index in [-0.39, 0.29) is 11.6 Å². The molecule has 174 valence electrons. The molecule has 1 heterocycles. The molecular weight excluding hydrogens is 422 g/mol. The van der Waals surface area contributed by atoms with Gasteiger partial charge in [-0.2, -0.15) is 0 Å². The molecule has 0 radical (unpaired) electrons. The van der Waals surface area contributed by atoms with Crippen LogP contribution in [0.25, 0.3) is 0 Å². The van der Waals surface area contributed by atoms with E-state index in [2.05, 4.69) is 39.0 Å². The minimum atomic E-state index is -2.17. The lowest BCUT2D eigenvalue weighted by Crippen LogP contribution is -2.50. The fourth-order valence-corrected chi connectivity index (χ4v) is 4.42. The number of aliphatic hydroxyl groups excluding tert-OH is 1. The van der Waals surface area contributed by atoms with Crippen molar-refractivity contribution in [1.29, 1.82) is 0 Å². The molecule has 0 bridgehead atoms. The van der Waals surface area contributed by atoms with Gasteiger partial charge in [-0.1, -0.05) is 86.6 Å². The van der Waals surface area contributed by atoms with Gasteiger partial charge in [-0.05, 0) is 23.7 Å². The first-order chi connectivity index (χ1) is 15.2. The average molecular weight is 458 g/mol. The van der Waals surface area contributed by atoms with Crippen molar-refractivity contribution in [1.82, 2.24) is 0 Å². The van der Waals surface area contributed by atoms with Crippen molar-refractivity contribution in [2.24, 2.45) is 5.16 Å². The second-order valence-corrected chi connectivity index (χ2v) is 14.3. The minimum absolute atomic E-state index is 0.00299. The highest BCUT2D eigenvalue weighted by atomic mass is 28.4. The molecule has 3 rings (SSSR count). The van der Waals surface area contributed by atoms with Crippen molar-refractivity contribution in [3.8, 4) is 0 Å². The Morgan fingerprint density at radius 1 is 1.03 bits per heavy atom. The molecule has 1 aliphatic heterocycles. The summed E-state index contributed by atoms with van der Waals surface area (Å²) in [7, 11) is -2.17. The van der Waals surface area contributed by atoms with Crippen LogP contribution in [0.3, 0.4) is 0 Å². The molecule has 1 fully saturated rings. The first-order valence-corrected chi connectivity index (χ1v) is 14.0. The van der Waals surface area contributed by atoms with E-state index < -0.39 is 32.9 Å². The van der Waals surface area contributed by atoms with Crippen molar-refractivity contribution in [2.75, 3.05) is 6.61 Å². The third-order valence-corrected chi connectivity index (χ3v) is 10.6. The van der Waals surface area contributed by atoms with Gasteiger partial charge in [0, 0.05) is 5.56 Å². The average Bonchev–Trinajstić information content (AvgIpc) is 3.21. The van der Waals surface area contributed by atoms with Crippen LogP contribution >= 0.6 is 0 Å². The Morgan fingerprint density at radius 3 is 2.25 bits per heavy atom. The quantitative estimate of drug-likeness (QED) is 0.324. The van der Waals surface area contributed by atoms with E-state index in [0.29, 0.717) is 6.61 Å². The highest BCUT2D eigenvalue weighted by Crippen LogP contribution is 2.40. The van der Waals surface area contributed by atoms with Gasteiger partial charge >= 0.3 is 0 Å². The van der Waals surface area contributed by atoms with Crippen LogP contribution in [0.5, 0.6) is 0 Å². The molecule has 4 atom stereocenters. The number of ether oxygens (including phenoxy) is 2. The van der Waals surface area contributed by atoms with Crippen molar-refractivity contribution in [3.05, 3.63) is 71.8 Å². The van der Waals surface area contributed by atoms with Crippen molar-refractivity contribution < 1.29 is 23.8 Å². The zero-order valence-electron chi connectivity index (χ0n) is 19.6. The summed E-state index contributed by atoms with van der Waals surface area (Å²) in [5.74, 6) is 0. The van der Waals surface area contributed by atoms with Crippen LogP contribution < -0.4 is 0 Å². The van der Waals surface area contributed by atoms with E-state index in [0.717, 1.165) is 11.1 Å². The Balaban J connectivity index is 1.78. The van der Waals surface area contributed by atoms with Crippen molar-refractivity contribution >= 4 is 14.5 Å². The molecule has 0 amide bonds. The Kier molecular flexibility index (Phi) is 8.25. The normalized spacial score (nSPS) is 22.9. The summed E-state index contributed by atoms with van der Waals surface area (Å²) >= 11 is 0. The summed E-state index contributed by atoms with van der Waals surface area (Å²) in [6.45, 7) is 11.1. The first-order valence-electron chi connectivity index (χ1n) is 11.1. The maximum Gasteiger partial charge on any atom is 0.193 e. The molecule has 0 saturated carbocycles. The van der Waals surface area contributed by atoms with Crippen LogP contribution in [0, 0.1) is 0 Å². The first kappa shape index (κ1) is 24.6. The van der Waals surface area contributed by atoms with Gasteiger partial charge in [-0.25, -0.2) is 0 Å². The van der Waals surface area contributed by atoms with Crippen LogP contribution in [0.15, 0.2) is 65.8 Å². The van der Waals surface area contributed by atoms with Crippen molar-refractivity contribution in [3.63, 3.8) is 0 Å². The van der Waals surface area contributed by atoms with Crippen molar-refractivity contribution in [2.45, 2.75) is 70.1 Å². The molecule has 32 heavy (non-hydrogen) atoms. The molecule has 0 aliphatic carbocycles. The van der Waals surface area contributed by atoms with E-state index in [4.69, 9.17) is 18.7 Å². The Labute approximate surface area is 192 Å². The SMILES string of the molecule is CC(C)(C)[Si](C)(C)O[C@@H](/C=N/OCc1ccccc1)[C@@H]1O[C@H](c2ccccc2)O[C@@H]1CO. The number of benzene rings is 2. The third-order valence-electron chi connectivity index (χ3n) is 6.11. The monoisotopic (exact) mass is 457 g/mol. The van der Waals surface area contributed by atoms with Gasteiger partial charge in [0.05, 0.1) is 12.8 Å². The fourth-order valence-electron chi connectivity index (χ4n) is 3.19. The summed E-state index contributed by atoms with van der Waals surface area (Å²) in [6.07, 6.45) is -0.480. The minimum Gasteiger partial charge on any atom is -0.406 e. The molecule has 7 heteroatoms. The highest BCUT2D eigenvalue weighted by molar-refractivity contribution is 6.74. The maximum absolute atomic E-state index is 10.0. The molecular formula is C25H35NO5Si.